The van der Waals surface area contributed by atoms with E-state index in [0.717, 1.165) is 73.1 Å². The highest BCUT2D eigenvalue weighted by molar-refractivity contribution is 6.09. The van der Waals surface area contributed by atoms with E-state index in [-0.39, 0.29) is 11.5 Å². The molecule has 2 N–H and O–H groups in total. The molecule has 2 heterocycles. The highest BCUT2D eigenvalue weighted by Crippen LogP contribution is 2.32. The van der Waals surface area contributed by atoms with E-state index in [0.29, 0.717) is 17.5 Å². The van der Waals surface area contributed by atoms with Crippen LogP contribution >= 0.6 is 0 Å². The monoisotopic (exact) mass is 498 g/mol. The van der Waals surface area contributed by atoms with Crippen LogP contribution in [0.4, 0.5) is 0 Å². The normalized spacial score (nSPS) is 14.5. The fraction of sp³-hybridized carbons (Fsp3) is 0.333. The second-order valence-corrected chi connectivity index (χ2v) is 9.95. The number of nitrogens with zero attached hydrogens (tertiary/aromatic N) is 2. The number of nitrogens with one attached hydrogen (secondary N) is 2. The minimum absolute atomic E-state index is 0.0610. The van der Waals surface area contributed by atoms with Gasteiger partial charge in [0.25, 0.3) is 11.5 Å². The molecule has 0 saturated carbocycles. The molecule has 192 valence electrons. The third-order valence-electron chi connectivity index (χ3n) is 7.00. The van der Waals surface area contributed by atoms with Gasteiger partial charge in [0.05, 0.1) is 18.6 Å². The Hall–Kier alpha value is -3.52. The van der Waals surface area contributed by atoms with Crippen LogP contribution in [0.25, 0.3) is 32.7 Å². The van der Waals surface area contributed by atoms with E-state index < -0.39 is 0 Å². The molecule has 0 radical (unpaired) electrons. The van der Waals surface area contributed by atoms with Crippen molar-refractivity contribution in [3.63, 3.8) is 0 Å². The van der Waals surface area contributed by atoms with Crippen molar-refractivity contribution < 1.29 is 9.53 Å². The van der Waals surface area contributed by atoms with Gasteiger partial charge in [0.2, 0.25) is 0 Å². The molecule has 7 nitrogen and oxygen atoms in total. The second-order valence-electron chi connectivity index (χ2n) is 9.95. The lowest BCUT2D eigenvalue weighted by Gasteiger charge is -2.27. The minimum atomic E-state index is -0.0844. The van der Waals surface area contributed by atoms with E-state index in [1.54, 1.807) is 6.20 Å². The van der Waals surface area contributed by atoms with E-state index in [9.17, 15) is 9.59 Å². The summed E-state index contributed by atoms with van der Waals surface area (Å²) in [7, 11) is 4.05. The third-order valence-corrected chi connectivity index (χ3v) is 7.00. The summed E-state index contributed by atoms with van der Waals surface area (Å²) in [5.41, 5.74) is 3.79. The first-order valence-corrected chi connectivity index (χ1v) is 12.9. The number of morpholine rings is 1. The SMILES string of the molecule is CN(C)CCCNC(=O)c1ccc(-c2ccc3c(CN4CCOCC4)cc4cc[nH]c(=O)c4c3c2)cc1. The molecular weight excluding hydrogens is 464 g/mol. The number of amides is 1. The first-order chi connectivity index (χ1) is 18.0. The zero-order valence-corrected chi connectivity index (χ0v) is 21.5. The molecule has 37 heavy (non-hydrogen) atoms. The van der Waals surface area contributed by atoms with Crippen LogP contribution in [0, 0.1) is 0 Å². The molecule has 3 aromatic carbocycles. The van der Waals surface area contributed by atoms with Crippen molar-refractivity contribution in [2.75, 3.05) is 53.5 Å². The Balaban J connectivity index is 1.45. The van der Waals surface area contributed by atoms with Crippen molar-refractivity contribution in [1.29, 1.82) is 0 Å². The first kappa shape index (κ1) is 25.1. The van der Waals surface area contributed by atoms with Crippen LogP contribution in [0.1, 0.15) is 22.3 Å². The smallest absolute Gasteiger partial charge is 0.256 e. The molecule has 1 fully saturated rings. The number of aromatic nitrogens is 1. The summed E-state index contributed by atoms with van der Waals surface area (Å²) >= 11 is 0. The van der Waals surface area contributed by atoms with Crippen molar-refractivity contribution in [1.82, 2.24) is 20.1 Å². The Kier molecular flexibility index (Phi) is 7.65. The molecule has 1 aromatic heterocycles. The Bertz CT molecular complexity index is 1450. The summed E-state index contributed by atoms with van der Waals surface area (Å²) in [6.07, 6.45) is 2.62. The van der Waals surface area contributed by atoms with Crippen LogP contribution in [0.3, 0.4) is 0 Å². The minimum Gasteiger partial charge on any atom is -0.379 e. The molecule has 1 saturated heterocycles. The maximum atomic E-state index is 12.9. The number of aromatic amines is 1. The van der Waals surface area contributed by atoms with Gasteiger partial charge in [0, 0.05) is 37.9 Å². The molecule has 0 aliphatic carbocycles. The molecule has 1 amide bonds. The Morgan fingerprint density at radius 2 is 1.76 bits per heavy atom. The molecule has 4 aromatic rings. The highest BCUT2D eigenvalue weighted by atomic mass is 16.5. The van der Waals surface area contributed by atoms with Gasteiger partial charge in [0.1, 0.15) is 0 Å². The number of hydrogen-bond acceptors (Lipinski definition) is 5. The number of hydrogen-bond donors (Lipinski definition) is 2. The topological polar surface area (TPSA) is 77.7 Å². The van der Waals surface area contributed by atoms with Crippen molar-refractivity contribution in [3.8, 4) is 11.1 Å². The molecule has 5 rings (SSSR count). The van der Waals surface area contributed by atoms with Gasteiger partial charge in [-0.25, -0.2) is 0 Å². The number of carbonyl (C=O) groups excluding carboxylic acids is 1. The molecule has 0 bridgehead atoms. The van der Waals surface area contributed by atoms with Gasteiger partial charge in [-0.1, -0.05) is 24.3 Å². The lowest BCUT2D eigenvalue weighted by Crippen LogP contribution is -2.35. The number of ether oxygens (including phenoxy) is 1. The maximum absolute atomic E-state index is 12.9. The largest absolute Gasteiger partial charge is 0.379 e. The molecular formula is C30H34N4O3. The van der Waals surface area contributed by atoms with E-state index in [1.807, 2.05) is 44.4 Å². The number of pyridine rings is 1. The molecule has 7 heteroatoms. The Morgan fingerprint density at radius 1 is 1.00 bits per heavy atom. The van der Waals surface area contributed by atoms with Crippen LogP contribution in [-0.2, 0) is 11.3 Å². The summed E-state index contributed by atoms with van der Waals surface area (Å²) in [5.74, 6) is -0.0610. The lowest BCUT2D eigenvalue weighted by molar-refractivity contribution is 0.0344. The van der Waals surface area contributed by atoms with E-state index in [1.165, 1.54) is 5.56 Å². The fourth-order valence-electron chi connectivity index (χ4n) is 5.01. The van der Waals surface area contributed by atoms with Crippen LogP contribution < -0.4 is 10.9 Å². The highest BCUT2D eigenvalue weighted by Gasteiger charge is 2.16. The van der Waals surface area contributed by atoms with Crippen LogP contribution in [0.15, 0.2) is 65.6 Å². The summed E-state index contributed by atoms with van der Waals surface area (Å²) < 4.78 is 5.52. The van der Waals surface area contributed by atoms with Gasteiger partial charge < -0.3 is 19.9 Å². The zero-order valence-electron chi connectivity index (χ0n) is 21.5. The summed E-state index contributed by atoms with van der Waals surface area (Å²) in [5, 5.41) is 6.68. The van der Waals surface area contributed by atoms with Crippen molar-refractivity contribution in [3.05, 3.63) is 82.3 Å². The second kappa shape index (κ2) is 11.3. The average molecular weight is 499 g/mol. The van der Waals surface area contributed by atoms with Crippen LogP contribution in [0.5, 0.6) is 0 Å². The van der Waals surface area contributed by atoms with Gasteiger partial charge in [0.15, 0.2) is 0 Å². The predicted octanol–water partition coefficient (Wildman–Crippen LogP) is 3.86. The van der Waals surface area contributed by atoms with Crippen molar-refractivity contribution in [2.24, 2.45) is 0 Å². The molecule has 0 atom stereocenters. The molecule has 1 aliphatic rings. The van der Waals surface area contributed by atoms with E-state index in [4.69, 9.17) is 4.74 Å². The van der Waals surface area contributed by atoms with Gasteiger partial charge in [-0.3, -0.25) is 14.5 Å². The average Bonchev–Trinajstić information content (AvgIpc) is 2.91. The van der Waals surface area contributed by atoms with Gasteiger partial charge >= 0.3 is 0 Å². The number of H-pyrrole nitrogens is 1. The van der Waals surface area contributed by atoms with E-state index in [2.05, 4.69) is 44.4 Å². The quantitative estimate of drug-likeness (QED) is 0.285. The van der Waals surface area contributed by atoms with Gasteiger partial charge in [-0.05, 0) is 90.2 Å². The maximum Gasteiger partial charge on any atom is 0.256 e. The fourth-order valence-corrected chi connectivity index (χ4v) is 5.01. The standard InChI is InChI=1S/C30H34N4O3/c1-33(2)13-3-11-31-29(35)22-6-4-21(5-7-22)23-8-9-26-25(20-34-14-16-37-17-15-34)18-24-10-12-32-30(36)28(24)27(26)19-23/h4-10,12,18-19H,3,11,13-17,20H2,1-2H3,(H,31,35)(H,32,36). The first-order valence-electron chi connectivity index (χ1n) is 12.9. The predicted molar refractivity (Wildman–Crippen MR) is 149 cm³/mol. The summed E-state index contributed by atoms with van der Waals surface area (Å²) in [6.45, 7) is 5.72. The molecule has 0 unspecified atom stereocenters. The summed E-state index contributed by atoms with van der Waals surface area (Å²) in [6, 6.07) is 18.1. The Morgan fingerprint density at radius 3 is 2.51 bits per heavy atom. The Labute approximate surface area is 217 Å². The number of rotatable bonds is 8. The van der Waals surface area contributed by atoms with Gasteiger partial charge in [-0.2, -0.15) is 0 Å². The van der Waals surface area contributed by atoms with Crippen molar-refractivity contribution >= 4 is 27.5 Å². The number of benzene rings is 3. The zero-order chi connectivity index (χ0) is 25.8. The van der Waals surface area contributed by atoms with Crippen LogP contribution in [0.2, 0.25) is 0 Å². The third kappa shape index (κ3) is 5.74. The number of fused-ring (bicyclic) bond motifs is 3. The van der Waals surface area contributed by atoms with Gasteiger partial charge in [-0.15, -0.1) is 0 Å². The number of carbonyl (C=O) groups is 1. The summed E-state index contributed by atoms with van der Waals surface area (Å²) in [4.78, 5) is 32.7. The lowest BCUT2D eigenvalue weighted by atomic mass is 9.94. The van der Waals surface area contributed by atoms with E-state index >= 15 is 0 Å². The van der Waals surface area contributed by atoms with Crippen LogP contribution in [-0.4, -0.2) is 74.2 Å². The van der Waals surface area contributed by atoms with Crippen molar-refractivity contribution in [2.45, 2.75) is 13.0 Å². The molecule has 1 aliphatic heterocycles. The molecule has 0 spiro atoms.